The van der Waals surface area contributed by atoms with Crippen molar-refractivity contribution in [2.45, 2.75) is 19.4 Å². The third kappa shape index (κ3) is 2.76. The van der Waals surface area contributed by atoms with Gasteiger partial charge in [0.25, 0.3) is 5.56 Å². The van der Waals surface area contributed by atoms with Crippen LogP contribution in [0.25, 0.3) is 0 Å². The summed E-state index contributed by atoms with van der Waals surface area (Å²) in [4.78, 5) is 23.4. The summed E-state index contributed by atoms with van der Waals surface area (Å²) >= 11 is 3.39. The minimum absolute atomic E-state index is 0.0377. The van der Waals surface area contributed by atoms with Gasteiger partial charge in [0.2, 0.25) is 0 Å². The zero-order chi connectivity index (χ0) is 15.7. The van der Waals surface area contributed by atoms with Crippen molar-refractivity contribution in [3.8, 4) is 0 Å². The topological polar surface area (TPSA) is 77.2 Å². The van der Waals surface area contributed by atoms with Gasteiger partial charge in [-0.2, -0.15) is 0 Å². The normalized spacial score (nSPS) is 13.3. The second kappa shape index (κ2) is 5.92. The molecular formula is C15H14BrN3O3. The SMILES string of the molecule is O=c1c(Cc2cccc(Br)c2)cc([N+](=O)[O-])c2n1CCCN2. The molecule has 1 aliphatic heterocycles. The van der Waals surface area contributed by atoms with Crippen LogP contribution in [-0.2, 0) is 13.0 Å². The molecule has 0 spiro atoms. The first kappa shape index (κ1) is 14.8. The lowest BCUT2D eigenvalue weighted by Crippen LogP contribution is -2.31. The van der Waals surface area contributed by atoms with E-state index in [-0.39, 0.29) is 11.2 Å². The van der Waals surface area contributed by atoms with Crippen molar-refractivity contribution < 1.29 is 4.92 Å². The van der Waals surface area contributed by atoms with Crippen LogP contribution in [-0.4, -0.2) is 16.0 Å². The number of nitro groups is 1. The van der Waals surface area contributed by atoms with Crippen LogP contribution < -0.4 is 10.9 Å². The van der Waals surface area contributed by atoms with Gasteiger partial charge in [-0.15, -0.1) is 0 Å². The number of hydrogen-bond donors (Lipinski definition) is 1. The first-order chi connectivity index (χ1) is 10.6. The van der Waals surface area contributed by atoms with Crippen molar-refractivity contribution in [3.05, 3.63) is 66.4 Å². The summed E-state index contributed by atoms with van der Waals surface area (Å²) in [5.41, 5.74) is 1.18. The summed E-state index contributed by atoms with van der Waals surface area (Å²) < 4.78 is 2.40. The maximum atomic E-state index is 12.6. The highest BCUT2D eigenvalue weighted by Crippen LogP contribution is 2.27. The van der Waals surface area contributed by atoms with E-state index in [1.807, 2.05) is 24.3 Å². The summed E-state index contributed by atoms with van der Waals surface area (Å²) in [6.07, 6.45) is 1.16. The van der Waals surface area contributed by atoms with Gasteiger partial charge in [0, 0.05) is 35.6 Å². The third-order valence-corrected chi connectivity index (χ3v) is 4.17. The first-order valence-electron chi connectivity index (χ1n) is 6.95. The summed E-state index contributed by atoms with van der Waals surface area (Å²) in [5, 5.41) is 14.3. The Morgan fingerprint density at radius 3 is 2.91 bits per heavy atom. The van der Waals surface area contributed by atoms with E-state index in [1.165, 1.54) is 10.6 Å². The van der Waals surface area contributed by atoms with E-state index in [0.717, 1.165) is 16.5 Å². The first-order valence-corrected chi connectivity index (χ1v) is 7.75. The Hall–Kier alpha value is -2.15. The summed E-state index contributed by atoms with van der Waals surface area (Å²) in [6.45, 7) is 1.15. The van der Waals surface area contributed by atoms with Gasteiger partial charge in [-0.3, -0.25) is 19.5 Å². The monoisotopic (exact) mass is 363 g/mol. The molecule has 2 aromatic rings. The van der Waals surface area contributed by atoms with E-state index in [4.69, 9.17) is 0 Å². The molecular weight excluding hydrogens is 350 g/mol. The number of pyridine rings is 1. The Morgan fingerprint density at radius 1 is 1.36 bits per heavy atom. The Kier molecular flexibility index (Phi) is 3.98. The maximum Gasteiger partial charge on any atom is 0.310 e. The number of nitrogens with one attached hydrogen (secondary N) is 1. The summed E-state index contributed by atoms with van der Waals surface area (Å²) in [6, 6.07) is 8.99. The van der Waals surface area contributed by atoms with E-state index in [2.05, 4.69) is 21.2 Å². The van der Waals surface area contributed by atoms with Crippen molar-refractivity contribution >= 4 is 27.4 Å². The molecule has 0 amide bonds. The Morgan fingerprint density at radius 2 is 2.18 bits per heavy atom. The van der Waals surface area contributed by atoms with Crippen molar-refractivity contribution in [3.63, 3.8) is 0 Å². The Bertz CT molecular complexity index is 801. The molecule has 0 saturated heterocycles. The summed E-state index contributed by atoms with van der Waals surface area (Å²) in [7, 11) is 0. The molecule has 1 aromatic heterocycles. The second-order valence-electron chi connectivity index (χ2n) is 5.20. The highest BCUT2D eigenvalue weighted by molar-refractivity contribution is 9.10. The van der Waals surface area contributed by atoms with Crippen molar-refractivity contribution in [2.24, 2.45) is 0 Å². The van der Waals surface area contributed by atoms with Crippen LogP contribution in [0.3, 0.4) is 0 Å². The molecule has 0 fully saturated rings. The van der Waals surface area contributed by atoms with Crippen LogP contribution in [0.5, 0.6) is 0 Å². The number of fused-ring (bicyclic) bond motifs is 1. The number of aromatic nitrogens is 1. The fourth-order valence-corrected chi connectivity index (χ4v) is 3.13. The largest absolute Gasteiger partial charge is 0.366 e. The number of benzene rings is 1. The predicted octanol–water partition coefficient (Wildman–Crippen LogP) is 2.93. The zero-order valence-corrected chi connectivity index (χ0v) is 13.3. The molecule has 0 unspecified atom stereocenters. The highest BCUT2D eigenvalue weighted by atomic mass is 79.9. The van der Waals surface area contributed by atoms with E-state index in [1.54, 1.807) is 0 Å². The number of anilines is 1. The molecule has 114 valence electrons. The van der Waals surface area contributed by atoms with Crippen LogP contribution in [0.2, 0.25) is 0 Å². The molecule has 22 heavy (non-hydrogen) atoms. The van der Waals surface area contributed by atoms with E-state index < -0.39 is 4.92 Å². The standard InChI is InChI=1S/C15H14BrN3O3/c16-12-4-1-3-10(8-12)7-11-9-13(19(21)22)14-17-5-2-6-18(14)15(11)20/h1,3-4,8-9,17H,2,5-7H2. The number of rotatable bonds is 3. The Balaban J connectivity index is 2.10. The number of halogens is 1. The molecule has 2 heterocycles. The molecule has 7 heteroatoms. The molecule has 1 N–H and O–H groups in total. The smallest absolute Gasteiger partial charge is 0.310 e. The van der Waals surface area contributed by atoms with E-state index >= 15 is 0 Å². The quantitative estimate of drug-likeness (QED) is 0.671. The third-order valence-electron chi connectivity index (χ3n) is 3.67. The van der Waals surface area contributed by atoms with Crippen LogP contribution in [0.4, 0.5) is 11.5 Å². The van der Waals surface area contributed by atoms with Gasteiger partial charge in [-0.25, -0.2) is 0 Å². The fourth-order valence-electron chi connectivity index (χ4n) is 2.68. The van der Waals surface area contributed by atoms with Gasteiger partial charge in [0.1, 0.15) is 0 Å². The zero-order valence-electron chi connectivity index (χ0n) is 11.7. The lowest BCUT2D eigenvalue weighted by molar-refractivity contribution is -0.384. The average molecular weight is 364 g/mol. The van der Waals surface area contributed by atoms with Crippen molar-refractivity contribution in [1.82, 2.24) is 4.57 Å². The van der Waals surface area contributed by atoms with Crippen LogP contribution in [0.15, 0.2) is 39.6 Å². The maximum absolute atomic E-state index is 12.6. The molecule has 1 aliphatic rings. The van der Waals surface area contributed by atoms with Crippen LogP contribution in [0.1, 0.15) is 17.5 Å². The lowest BCUT2D eigenvalue weighted by Gasteiger charge is -2.20. The molecule has 0 atom stereocenters. The minimum Gasteiger partial charge on any atom is -0.366 e. The van der Waals surface area contributed by atoms with Gasteiger partial charge in [-0.1, -0.05) is 28.1 Å². The highest BCUT2D eigenvalue weighted by Gasteiger charge is 2.24. The average Bonchev–Trinajstić information content (AvgIpc) is 2.50. The Labute approximate surface area is 135 Å². The number of nitrogens with zero attached hydrogens (tertiary/aromatic N) is 2. The van der Waals surface area contributed by atoms with Crippen LogP contribution in [0, 0.1) is 10.1 Å². The van der Waals surface area contributed by atoms with Gasteiger partial charge >= 0.3 is 5.69 Å². The van der Waals surface area contributed by atoms with Gasteiger partial charge in [-0.05, 0) is 24.1 Å². The van der Waals surface area contributed by atoms with Crippen molar-refractivity contribution in [1.29, 1.82) is 0 Å². The van der Waals surface area contributed by atoms with E-state index in [9.17, 15) is 14.9 Å². The summed E-state index contributed by atoms with van der Waals surface area (Å²) in [5.74, 6) is 0.319. The van der Waals surface area contributed by atoms with E-state index in [0.29, 0.717) is 30.9 Å². The van der Waals surface area contributed by atoms with Crippen LogP contribution >= 0.6 is 15.9 Å². The molecule has 0 aliphatic carbocycles. The molecule has 6 nitrogen and oxygen atoms in total. The molecule has 0 saturated carbocycles. The molecule has 1 aromatic carbocycles. The minimum atomic E-state index is -0.437. The lowest BCUT2D eigenvalue weighted by atomic mass is 10.1. The molecule has 0 bridgehead atoms. The van der Waals surface area contributed by atoms with Gasteiger partial charge in [0.15, 0.2) is 5.82 Å². The second-order valence-corrected chi connectivity index (χ2v) is 6.12. The van der Waals surface area contributed by atoms with Gasteiger partial charge in [0.05, 0.1) is 4.92 Å². The fraction of sp³-hybridized carbons (Fsp3) is 0.267. The predicted molar refractivity (Wildman–Crippen MR) is 87.4 cm³/mol. The number of hydrogen-bond acceptors (Lipinski definition) is 4. The van der Waals surface area contributed by atoms with Gasteiger partial charge < -0.3 is 5.32 Å². The molecule has 0 radical (unpaired) electrons. The molecule has 3 rings (SSSR count). The van der Waals surface area contributed by atoms with Crippen molar-refractivity contribution in [2.75, 3.05) is 11.9 Å².